The van der Waals surface area contributed by atoms with Crippen LogP contribution >= 0.6 is 0 Å². The predicted octanol–water partition coefficient (Wildman–Crippen LogP) is -1.32. The first-order valence-electron chi connectivity index (χ1n) is 4.35. The van der Waals surface area contributed by atoms with Gasteiger partial charge in [0.2, 0.25) is 5.95 Å². The molecule has 7 heteroatoms. The second kappa shape index (κ2) is 4.56. The predicted molar refractivity (Wildman–Crippen MR) is 56.4 cm³/mol. The lowest BCUT2D eigenvalue weighted by molar-refractivity contribution is -0.117. The molecule has 0 saturated carbocycles. The summed E-state index contributed by atoms with van der Waals surface area (Å²) in [7, 11) is 0. The molecule has 0 radical (unpaired) electrons. The number of aromatic amines is 1. The molecule has 1 atom stereocenters. The van der Waals surface area contributed by atoms with Gasteiger partial charge in [0.15, 0.2) is 0 Å². The molecule has 0 aliphatic heterocycles. The van der Waals surface area contributed by atoms with E-state index in [1.54, 1.807) is 0 Å². The van der Waals surface area contributed by atoms with E-state index in [1.165, 1.54) is 13.1 Å². The number of nitrogens with one attached hydrogen (secondary N) is 2. The molecule has 0 fully saturated rings. The molecule has 0 aliphatic rings. The molecule has 1 unspecified atom stereocenters. The number of nitrogens with two attached hydrogens (primary N) is 2. The van der Waals surface area contributed by atoms with Crippen LogP contribution in [0, 0.1) is 0 Å². The van der Waals surface area contributed by atoms with E-state index in [2.05, 4.69) is 15.3 Å². The van der Waals surface area contributed by atoms with Crippen molar-refractivity contribution in [3.63, 3.8) is 0 Å². The van der Waals surface area contributed by atoms with E-state index >= 15 is 0 Å². The van der Waals surface area contributed by atoms with Crippen molar-refractivity contribution in [2.45, 2.75) is 13.0 Å². The molecule has 0 bridgehead atoms. The summed E-state index contributed by atoms with van der Waals surface area (Å²) in [6.45, 7) is 1.60. The summed E-state index contributed by atoms with van der Waals surface area (Å²) in [6.07, 6.45) is 1.24. The van der Waals surface area contributed by atoms with Crippen molar-refractivity contribution in [2.24, 2.45) is 5.73 Å². The van der Waals surface area contributed by atoms with Crippen LogP contribution in [0.2, 0.25) is 0 Å². The number of hydrogen-bond donors (Lipinski definition) is 4. The number of hydrogen-bond acceptors (Lipinski definition) is 6. The second-order valence-corrected chi connectivity index (χ2v) is 3.11. The number of H-pyrrole nitrogens is 1. The third-order valence-electron chi connectivity index (χ3n) is 1.84. The number of carbonyl (C=O) groups is 1. The standard InChI is InChI=1S/C8H13N5O2/c1-4(14)5(9)2-11-8-12-3-6(10)7(15)13-8/h3,5H,2,9-10H2,1H3,(H2,11,12,13,15). The molecule has 1 heterocycles. The van der Waals surface area contributed by atoms with Gasteiger partial charge in [0.1, 0.15) is 11.5 Å². The first-order valence-corrected chi connectivity index (χ1v) is 4.35. The van der Waals surface area contributed by atoms with Crippen LogP contribution in [0.3, 0.4) is 0 Å². The van der Waals surface area contributed by atoms with Gasteiger partial charge in [-0.15, -0.1) is 0 Å². The highest BCUT2D eigenvalue weighted by Gasteiger charge is 2.07. The van der Waals surface area contributed by atoms with E-state index in [9.17, 15) is 9.59 Å². The average Bonchev–Trinajstić information content (AvgIpc) is 2.19. The number of Topliss-reactive ketones (excluding diaryl/α,β-unsaturated/α-hetero) is 1. The Labute approximate surface area is 85.9 Å². The number of anilines is 2. The van der Waals surface area contributed by atoms with Gasteiger partial charge in [-0.3, -0.25) is 14.6 Å². The fraction of sp³-hybridized carbons (Fsp3) is 0.375. The van der Waals surface area contributed by atoms with Crippen molar-refractivity contribution in [1.82, 2.24) is 9.97 Å². The Morgan fingerprint density at radius 1 is 1.73 bits per heavy atom. The highest BCUT2D eigenvalue weighted by atomic mass is 16.1. The molecule has 6 N–H and O–H groups in total. The lowest BCUT2D eigenvalue weighted by atomic mass is 10.2. The first kappa shape index (κ1) is 11.2. The summed E-state index contributed by atoms with van der Waals surface area (Å²) in [6, 6.07) is -0.618. The number of nitrogen functional groups attached to an aromatic ring is 1. The van der Waals surface area contributed by atoms with Gasteiger partial charge in [0.25, 0.3) is 5.56 Å². The van der Waals surface area contributed by atoms with E-state index in [-0.39, 0.29) is 24.0 Å². The molecule has 1 aromatic heterocycles. The van der Waals surface area contributed by atoms with Gasteiger partial charge >= 0.3 is 0 Å². The average molecular weight is 211 g/mol. The third kappa shape index (κ3) is 3.06. The van der Waals surface area contributed by atoms with Crippen molar-refractivity contribution in [3.05, 3.63) is 16.6 Å². The lowest BCUT2D eigenvalue weighted by Gasteiger charge is -2.09. The van der Waals surface area contributed by atoms with E-state index in [0.29, 0.717) is 0 Å². The summed E-state index contributed by atoms with van der Waals surface area (Å²) in [4.78, 5) is 28.1. The SMILES string of the molecule is CC(=O)C(N)CNc1ncc(N)c(=O)[nH]1. The minimum absolute atomic E-state index is 0.0383. The van der Waals surface area contributed by atoms with Crippen LogP contribution in [0.1, 0.15) is 6.92 Å². The third-order valence-corrected chi connectivity index (χ3v) is 1.84. The molecule has 1 aromatic rings. The van der Waals surface area contributed by atoms with Crippen molar-refractivity contribution >= 4 is 17.4 Å². The number of rotatable bonds is 4. The number of aromatic nitrogens is 2. The quantitative estimate of drug-likeness (QED) is 0.489. The summed E-state index contributed by atoms with van der Waals surface area (Å²) in [5, 5.41) is 2.73. The molecule has 7 nitrogen and oxygen atoms in total. The summed E-state index contributed by atoms with van der Waals surface area (Å²) < 4.78 is 0. The van der Waals surface area contributed by atoms with E-state index in [1.807, 2.05) is 0 Å². The fourth-order valence-electron chi connectivity index (χ4n) is 0.845. The van der Waals surface area contributed by atoms with Gasteiger partial charge in [-0.2, -0.15) is 0 Å². The van der Waals surface area contributed by atoms with Crippen LogP contribution in [0.4, 0.5) is 11.6 Å². The zero-order valence-corrected chi connectivity index (χ0v) is 8.28. The molecule has 1 rings (SSSR count). The summed E-state index contributed by atoms with van der Waals surface area (Å²) in [5.74, 6) is 0.103. The van der Waals surface area contributed by atoms with Crippen molar-refractivity contribution in [2.75, 3.05) is 17.6 Å². The van der Waals surface area contributed by atoms with Crippen LogP contribution in [0.5, 0.6) is 0 Å². The molecule has 0 saturated heterocycles. The van der Waals surface area contributed by atoms with Crippen molar-refractivity contribution in [3.8, 4) is 0 Å². The maximum atomic E-state index is 11.1. The number of carbonyl (C=O) groups excluding carboxylic acids is 1. The summed E-state index contributed by atoms with van der Waals surface area (Å²) >= 11 is 0. The van der Waals surface area contributed by atoms with Crippen LogP contribution in [-0.4, -0.2) is 28.3 Å². The highest BCUT2D eigenvalue weighted by Crippen LogP contribution is 1.95. The smallest absolute Gasteiger partial charge is 0.275 e. The van der Waals surface area contributed by atoms with E-state index < -0.39 is 11.6 Å². The van der Waals surface area contributed by atoms with E-state index in [4.69, 9.17) is 11.5 Å². The van der Waals surface area contributed by atoms with Gasteiger partial charge in [-0.25, -0.2) is 4.98 Å². The van der Waals surface area contributed by atoms with Crippen LogP contribution in [-0.2, 0) is 4.79 Å². The molecule has 82 valence electrons. The highest BCUT2D eigenvalue weighted by molar-refractivity contribution is 5.81. The van der Waals surface area contributed by atoms with Gasteiger partial charge < -0.3 is 16.8 Å². The van der Waals surface area contributed by atoms with Crippen molar-refractivity contribution in [1.29, 1.82) is 0 Å². The fourth-order valence-corrected chi connectivity index (χ4v) is 0.845. The number of nitrogens with zero attached hydrogens (tertiary/aromatic N) is 1. The Morgan fingerprint density at radius 3 is 2.93 bits per heavy atom. The molecule has 0 amide bonds. The van der Waals surface area contributed by atoms with E-state index in [0.717, 1.165) is 0 Å². The zero-order chi connectivity index (χ0) is 11.4. The summed E-state index contributed by atoms with van der Waals surface area (Å²) in [5.41, 5.74) is 10.4. The van der Waals surface area contributed by atoms with Crippen molar-refractivity contribution < 1.29 is 4.79 Å². The number of ketones is 1. The molecule has 0 spiro atoms. The molecule has 15 heavy (non-hydrogen) atoms. The molecular formula is C8H13N5O2. The first-order chi connectivity index (χ1) is 7.00. The monoisotopic (exact) mass is 211 g/mol. The minimum Gasteiger partial charge on any atom is -0.393 e. The molecule has 0 aliphatic carbocycles. The molecular weight excluding hydrogens is 198 g/mol. The Morgan fingerprint density at radius 2 is 2.40 bits per heavy atom. The minimum atomic E-state index is -0.618. The van der Waals surface area contributed by atoms with Crippen LogP contribution in [0.25, 0.3) is 0 Å². The van der Waals surface area contributed by atoms with Crippen LogP contribution in [0.15, 0.2) is 11.0 Å². The molecule has 0 aromatic carbocycles. The van der Waals surface area contributed by atoms with Gasteiger partial charge in [-0.05, 0) is 6.92 Å². The second-order valence-electron chi connectivity index (χ2n) is 3.11. The van der Waals surface area contributed by atoms with Gasteiger partial charge in [0.05, 0.1) is 12.2 Å². The Bertz CT molecular complexity index is 414. The Balaban J connectivity index is 2.62. The maximum absolute atomic E-state index is 11.1. The normalized spacial score (nSPS) is 12.1. The largest absolute Gasteiger partial charge is 0.393 e. The van der Waals surface area contributed by atoms with Gasteiger partial charge in [-0.1, -0.05) is 0 Å². The topological polar surface area (TPSA) is 127 Å². The van der Waals surface area contributed by atoms with Gasteiger partial charge in [0, 0.05) is 6.54 Å². The maximum Gasteiger partial charge on any atom is 0.275 e. The Hall–Kier alpha value is -1.89. The lowest BCUT2D eigenvalue weighted by Crippen LogP contribution is -2.36. The zero-order valence-electron chi connectivity index (χ0n) is 8.28. The van der Waals surface area contributed by atoms with Crippen LogP contribution < -0.4 is 22.3 Å². The Kier molecular flexibility index (Phi) is 3.40.